The number of nitrogens with two attached hydrogens (primary N) is 1. The lowest BCUT2D eigenvalue weighted by Crippen LogP contribution is -1.99. The summed E-state index contributed by atoms with van der Waals surface area (Å²) in [5, 5.41) is 0. The largest absolute Gasteiger partial charge is 0.392 e. The van der Waals surface area contributed by atoms with E-state index in [4.69, 9.17) is 5.73 Å². The van der Waals surface area contributed by atoms with Gasteiger partial charge in [0.15, 0.2) is 0 Å². The number of hydrogen-bond acceptors (Lipinski definition) is 1. The Balaban J connectivity index is 4.86. The quantitative estimate of drug-likeness (QED) is 0.516. The predicted octanol–water partition coefficient (Wildman–Crippen LogP) is 2.94. The highest BCUT2D eigenvalue weighted by atomic mass is 14.6. The van der Waals surface area contributed by atoms with E-state index >= 15 is 0 Å². The molecule has 0 atom stereocenters. The number of rotatable bonds is 4. The second-order valence-corrected chi connectivity index (χ2v) is 3.05. The van der Waals surface area contributed by atoms with Crippen LogP contribution in [0.1, 0.15) is 13.8 Å². The van der Waals surface area contributed by atoms with Crippen LogP contribution in [0.4, 0.5) is 0 Å². The van der Waals surface area contributed by atoms with E-state index in [0.717, 1.165) is 5.57 Å². The molecular formula is C12H17N. The maximum Gasteiger partial charge on any atom is 0.0811 e. The van der Waals surface area contributed by atoms with Crippen LogP contribution >= 0.6 is 0 Å². The molecular weight excluding hydrogens is 158 g/mol. The molecule has 0 aromatic rings. The van der Waals surface area contributed by atoms with Crippen molar-refractivity contribution in [2.24, 2.45) is 11.7 Å². The molecule has 1 nitrogen and oxygen atoms in total. The lowest BCUT2D eigenvalue weighted by Gasteiger charge is -2.02. The Morgan fingerprint density at radius 2 is 2.08 bits per heavy atom. The van der Waals surface area contributed by atoms with Gasteiger partial charge < -0.3 is 5.73 Å². The molecule has 0 heterocycles. The predicted molar refractivity (Wildman–Crippen MR) is 59.1 cm³/mol. The van der Waals surface area contributed by atoms with Crippen molar-refractivity contribution in [3.8, 4) is 0 Å². The van der Waals surface area contributed by atoms with Crippen molar-refractivity contribution in [3.63, 3.8) is 0 Å². The smallest absolute Gasteiger partial charge is 0.0811 e. The second-order valence-electron chi connectivity index (χ2n) is 3.05. The molecule has 1 heteroatoms. The molecule has 0 aliphatic carbocycles. The molecule has 0 amide bonds. The van der Waals surface area contributed by atoms with Gasteiger partial charge in [0.25, 0.3) is 0 Å². The van der Waals surface area contributed by atoms with Crippen molar-refractivity contribution in [2.45, 2.75) is 13.8 Å². The first-order valence-corrected chi connectivity index (χ1v) is 4.28. The van der Waals surface area contributed by atoms with Crippen LogP contribution < -0.4 is 5.73 Å². The van der Waals surface area contributed by atoms with Crippen LogP contribution in [0.5, 0.6) is 0 Å². The van der Waals surface area contributed by atoms with Gasteiger partial charge in [0, 0.05) is 5.57 Å². The first kappa shape index (κ1) is 11.5. The normalized spacial score (nSPS) is 11.8. The highest BCUT2D eigenvalue weighted by molar-refractivity contribution is 5.38. The molecule has 0 rings (SSSR count). The lowest BCUT2D eigenvalue weighted by atomic mass is 10.1. The molecule has 2 N–H and O–H groups in total. The monoisotopic (exact) mass is 175 g/mol. The van der Waals surface area contributed by atoms with E-state index in [1.807, 2.05) is 12.2 Å². The Morgan fingerprint density at radius 3 is 2.46 bits per heavy atom. The van der Waals surface area contributed by atoms with E-state index in [1.165, 1.54) is 0 Å². The Kier molecular flexibility index (Phi) is 5.42. The third kappa shape index (κ3) is 4.89. The summed E-state index contributed by atoms with van der Waals surface area (Å²) in [6, 6.07) is 0. The highest BCUT2D eigenvalue weighted by Gasteiger charge is 1.96. The van der Waals surface area contributed by atoms with E-state index < -0.39 is 0 Å². The van der Waals surface area contributed by atoms with E-state index in [9.17, 15) is 0 Å². The summed E-state index contributed by atoms with van der Waals surface area (Å²) >= 11 is 0. The SMILES string of the molecule is C=C=C(N)C(/C=C\C=C)=C/C(C)C. The molecule has 0 aromatic heterocycles. The van der Waals surface area contributed by atoms with Crippen molar-refractivity contribution < 1.29 is 0 Å². The zero-order valence-electron chi connectivity index (χ0n) is 8.38. The Labute approximate surface area is 80.6 Å². The average Bonchev–Trinajstić information content (AvgIpc) is 2.10. The van der Waals surface area contributed by atoms with Crippen molar-refractivity contribution in [1.29, 1.82) is 0 Å². The summed E-state index contributed by atoms with van der Waals surface area (Å²) in [4.78, 5) is 0. The molecule has 0 saturated heterocycles. The first-order chi connectivity index (χ1) is 6.11. The summed E-state index contributed by atoms with van der Waals surface area (Å²) < 4.78 is 0. The van der Waals surface area contributed by atoms with Gasteiger partial charge in [0.1, 0.15) is 0 Å². The van der Waals surface area contributed by atoms with Gasteiger partial charge in [-0.05, 0) is 5.92 Å². The van der Waals surface area contributed by atoms with Crippen LogP contribution in [-0.2, 0) is 0 Å². The third-order valence-electron chi connectivity index (χ3n) is 1.43. The van der Waals surface area contributed by atoms with E-state index in [1.54, 1.807) is 6.08 Å². The average molecular weight is 175 g/mol. The van der Waals surface area contributed by atoms with Crippen LogP contribution in [0, 0.1) is 5.92 Å². The fourth-order valence-electron chi connectivity index (χ4n) is 0.868. The van der Waals surface area contributed by atoms with Crippen molar-refractivity contribution in [3.05, 3.63) is 54.5 Å². The van der Waals surface area contributed by atoms with Gasteiger partial charge in [0.05, 0.1) is 5.70 Å². The van der Waals surface area contributed by atoms with Crippen molar-refractivity contribution in [1.82, 2.24) is 0 Å². The minimum absolute atomic E-state index is 0.455. The standard InChI is InChI=1S/C12H17N/c1-5-7-8-11(9-10(3)4)12(13)6-2/h5,7-10H,1-2,13H2,3-4H3/b8-7-,11-9+. The van der Waals surface area contributed by atoms with Crippen LogP contribution in [0.3, 0.4) is 0 Å². The fraction of sp³-hybridized carbons (Fsp3) is 0.250. The zero-order valence-corrected chi connectivity index (χ0v) is 8.38. The Morgan fingerprint density at radius 1 is 1.46 bits per heavy atom. The molecule has 0 spiro atoms. The van der Waals surface area contributed by atoms with Crippen LogP contribution in [0.25, 0.3) is 0 Å². The zero-order chi connectivity index (χ0) is 10.3. The van der Waals surface area contributed by atoms with Gasteiger partial charge in [0.2, 0.25) is 0 Å². The molecule has 13 heavy (non-hydrogen) atoms. The van der Waals surface area contributed by atoms with E-state index in [-0.39, 0.29) is 0 Å². The summed E-state index contributed by atoms with van der Waals surface area (Å²) in [5.41, 5.74) is 9.89. The fourth-order valence-corrected chi connectivity index (χ4v) is 0.868. The van der Waals surface area contributed by atoms with Gasteiger partial charge in [-0.2, -0.15) is 0 Å². The number of hydrogen-bond donors (Lipinski definition) is 1. The van der Waals surface area contributed by atoms with Crippen LogP contribution in [-0.4, -0.2) is 0 Å². The second kappa shape index (κ2) is 6.10. The van der Waals surface area contributed by atoms with Crippen LogP contribution in [0.15, 0.2) is 54.5 Å². The van der Waals surface area contributed by atoms with E-state index in [0.29, 0.717) is 11.6 Å². The molecule has 0 aromatic carbocycles. The van der Waals surface area contributed by atoms with Gasteiger partial charge >= 0.3 is 0 Å². The van der Waals surface area contributed by atoms with Crippen LogP contribution in [0.2, 0.25) is 0 Å². The highest BCUT2D eigenvalue weighted by Crippen LogP contribution is 2.09. The maximum absolute atomic E-state index is 5.70. The Hall–Kier alpha value is -1.46. The van der Waals surface area contributed by atoms with Crippen molar-refractivity contribution in [2.75, 3.05) is 0 Å². The van der Waals surface area contributed by atoms with Gasteiger partial charge in [-0.3, -0.25) is 0 Å². The Bertz CT molecular complexity index is 273. The molecule has 0 bridgehead atoms. The maximum atomic E-state index is 5.70. The van der Waals surface area contributed by atoms with E-state index in [2.05, 4.69) is 38.8 Å². The lowest BCUT2D eigenvalue weighted by molar-refractivity contribution is 0.825. The number of allylic oxidation sites excluding steroid dienone is 4. The molecule has 0 radical (unpaired) electrons. The summed E-state index contributed by atoms with van der Waals surface area (Å²) in [6.45, 7) is 11.3. The molecule has 0 saturated carbocycles. The molecule has 0 unspecified atom stereocenters. The topological polar surface area (TPSA) is 26.0 Å². The summed E-state index contributed by atoms with van der Waals surface area (Å²) in [5.74, 6) is 0.455. The third-order valence-corrected chi connectivity index (χ3v) is 1.43. The molecule has 70 valence electrons. The van der Waals surface area contributed by atoms with Crippen molar-refractivity contribution >= 4 is 0 Å². The molecule has 0 aliphatic heterocycles. The summed E-state index contributed by atoms with van der Waals surface area (Å²) in [6.07, 6.45) is 7.52. The summed E-state index contributed by atoms with van der Waals surface area (Å²) in [7, 11) is 0. The van der Waals surface area contributed by atoms with Gasteiger partial charge in [-0.25, -0.2) is 0 Å². The van der Waals surface area contributed by atoms with Gasteiger partial charge in [-0.15, -0.1) is 5.73 Å². The minimum Gasteiger partial charge on any atom is -0.392 e. The molecule has 0 aliphatic rings. The van der Waals surface area contributed by atoms with Gasteiger partial charge in [-0.1, -0.05) is 51.3 Å². The minimum atomic E-state index is 0.455. The first-order valence-electron chi connectivity index (χ1n) is 4.28. The molecule has 0 fully saturated rings.